The highest BCUT2D eigenvalue weighted by molar-refractivity contribution is 5.37. The van der Waals surface area contributed by atoms with E-state index in [1.54, 1.807) is 17.0 Å². The van der Waals surface area contributed by atoms with Crippen LogP contribution in [0.25, 0.3) is 0 Å². The molecule has 6 nitrogen and oxygen atoms in total. The first kappa shape index (κ1) is 13.6. The lowest BCUT2D eigenvalue weighted by Crippen LogP contribution is -2.51. The number of aromatic nitrogens is 2. The Balaban J connectivity index is 1.85. The summed E-state index contributed by atoms with van der Waals surface area (Å²) in [6, 6.07) is 0. The molecule has 0 amide bonds. The molecule has 1 spiro atoms. The van der Waals surface area contributed by atoms with E-state index in [9.17, 15) is 4.79 Å². The van der Waals surface area contributed by atoms with E-state index in [0.29, 0.717) is 25.6 Å². The van der Waals surface area contributed by atoms with Gasteiger partial charge >= 0.3 is 0 Å². The summed E-state index contributed by atoms with van der Waals surface area (Å²) in [5.41, 5.74) is -0.0237. The zero-order valence-electron chi connectivity index (χ0n) is 11.9. The lowest BCUT2D eigenvalue weighted by Gasteiger charge is -2.38. The second kappa shape index (κ2) is 5.54. The van der Waals surface area contributed by atoms with Gasteiger partial charge in [-0.2, -0.15) is 0 Å². The predicted octanol–water partition coefficient (Wildman–Crippen LogP) is 0.997. The molecule has 2 fully saturated rings. The molecule has 0 saturated carbocycles. The average Bonchev–Trinajstić information content (AvgIpc) is 2.89. The molecular weight excluding hydrogens is 258 g/mol. The summed E-state index contributed by atoms with van der Waals surface area (Å²) in [6.07, 6.45) is 6.21. The molecular formula is C14H21N3O3. The summed E-state index contributed by atoms with van der Waals surface area (Å²) < 4.78 is 13.2. The van der Waals surface area contributed by atoms with Crippen molar-refractivity contribution in [2.45, 2.75) is 38.5 Å². The van der Waals surface area contributed by atoms with Crippen LogP contribution < -0.4 is 10.5 Å². The Kier molecular flexibility index (Phi) is 3.76. The highest BCUT2D eigenvalue weighted by atomic mass is 16.7. The minimum absolute atomic E-state index is 0.0237. The lowest BCUT2D eigenvalue weighted by molar-refractivity contribution is -0.161. The maximum Gasteiger partial charge on any atom is 0.293 e. The lowest BCUT2D eigenvalue weighted by atomic mass is 10.0. The first-order valence-electron chi connectivity index (χ1n) is 7.32. The standard InChI is InChI=1S/C14H21N3O3/c1-2-6-16-8-5-15-12(13(16)18)17-7-3-4-14(11-17)19-9-10-20-14/h5,8H,2-4,6-7,9-11H2,1H3. The fraction of sp³-hybridized carbons (Fsp3) is 0.714. The van der Waals surface area contributed by atoms with Crippen molar-refractivity contribution in [1.29, 1.82) is 0 Å². The van der Waals surface area contributed by atoms with Crippen molar-refractivity contribution in [2.24, 2.45) is 0 Å². The van der Waals surface area contributed by atoms with E-state index in [-0.39, 0.29) is 5.56 Å². The predicted molar refractivity (Wildman–Crippen MR) is 74.9 cm³/mol. The van der Waals surface area contributed by atoms with Gasteiger partial charge in [0.25, 0.3) is 5.56 Å². The Morgan fingerprint density at radius 3 is 2.95 bits per heavy atom. The second-order valence-electron chi connectivity index (χ2n) is 5.38. The number of rotatable bonds is 3. The molecule has 0 unspecified atom stereocenters. The Morgan fingerprint density at radius 2 is 2.20 bits per heavy atom. The second-order valence-corrected chi connectivity index (χ2v) is 5.38. The van der Waals surface area contributed by atoms with Crippen molar-refractivity contribution >= 4 is 5.82 Å². The molecule has 1 aromatic rings. The van der Waals surface area contributed by atoms with E-state index < -0.39 is 5.79 Å². The van der Waals surface area contributed by atoms with Crippen LogP contribution in [0.4, 0.5) is 5.82 Å². The normalized spacial score (nSPS) is 21.6. The summed E-state index contributed by atoms with van der Waals surface area (Å²) in [6.45, 7) is 5.47. The number of ether oxygens (including phenoxy) is 2. The number of aryl methyl sites for hydroxylation is 1. The van der Waals surface area contributed by atoms with E-state index >= 15 is 0 Å². The molecule has 1 aromatic heterocycles. The van der Waals surface area contributed by atoms with Crippen LogP contribution in [0.15, 0.2) is 17.2 Å². The van der Waals surface area contributed by atoms with Crippen LogP contribution in [0.3, 0.4) is 0 Å². The molecule has 0 N–H and O–H groups in total. The van der Waals surface area contributed by atoms with Crippen molar-refractivity contribution < 1.29 is 9.47 Å². The van der Waals surface area contributed by atoms with Crippen LogP contribution in [-0.2, 0) is 16.0 Å². The molecule has 2 saturated heterocycles. The topological polar surface area (TPSA) is 56.6 Å². The molecule has 0 bridgehead atoms. The van der Waals surface area contributed by atoms with Gasteiger partial charge in [-0.15, -0.1) is 0 Å². The zero-order chi connectivity index (χ0) is 14.0. The average molecular weight is 279 g/mol. The fourth-order valence-electron chi connectivity index (χ4n) is 2.97. The van der Waals surface area contributed by atoms with E-state index in [1.807, 2.05) is 4.90 Å². The Bertz CT molecular complexity index is 523. The molecule has 0 aromatic carbocycles. The van der Waals surface area contributed by atoms with Gasteiger partial charge in [-0.3, -0.25) is 4.79 Å². The molecule has 110 valence electrons. The smallest absolute Gasteiger partial charge is 0.293 e. The molecule has 0 atom stereocenters. The summed E-state index contributed by atoms with van der Waals surface area (Å²) in [5, 5.41) is 0. The summed E-state index contributed by atoms with van der Waals surface area (Å²) in [5.74, 6) is -0.0169. The van der Waals surface area contributed by atoms with Gasteiger partial charge in [0.1, 0.15) is 0 Å². The van der Waals surface area contributed by atoms with E-state index in [4.69, 9.17) is 9.47 Å². The van der Waals surface area contributed by atoms with Gasteiger partial charge < -0.3 is 18.9 Å². The SMILES string of the molecule is CCCn1ccnc(N2CCCC3(C2)OCCO3)c1=O. The summed E-state index contributed by atoms with van der Waals surface area (Å²) in [4.78, 5) is 18.7. The van der Waals surface area contributed by atoms with Gasteiger partial charge in [-0.1, -0.05) is 6.92 Å². The van der Waals surface area contributed by atoms with E-state index in [2.05, 4.69) is 11.9 Å². The van der Waals surface area contributed by atoms with Gasteiger partial charge in [0.15, 0.2) is 11.6 Å². The van der Waals surface area contributed by atoms with Gasteiger partial charge in [-0.05, 0) is 12.8 Å². The van der Waals surface area contributed by atoms with Crippen LogP contribution in [-0.4, -0.2) is 41.6 Å². The first-order chi connectivity index (χ1) is 9.74. The first-order valence-corrected chi connectivity index (χ1v) is 7.32. The quantitative estimate of drug-likeness (QED) is 0.826. The molecule has 3 rings (SSSR count). The molecule has 6 heteroatoms. The molecule has 20 heavy (non-hydrogen) atoms. The Morgan fingerprint density at radius 1 is 1.40 bits per heavy atom. The van der Waals surface area contributed by atoms with Crippen LogP contribution in [0.2, 0.25) is 0 Å². The third-order valence-corrected chi connectivity index (χ3v) is 3.89. The van der Waals surface area contributed by atoms with Crippen molar-refractivity contribution in [1.82, 2.24) is 9.55 Å². The molecule has 0 radical (unpaired) electrons. The third-order valence-electron chi connectivity index (χ3n) is 3.89. The number of piperidine rings is 1. The van der Waals surface area contributed by atoms with Crippen LogP contribution in [0.5, 0.6) is 0 Å². The van der Waals surface area contributed by atoms with Crippen LogP contribution in [0, 0.1) is 0 Å². The van der Waals surface area contributed by atoms with Crippen molar-refractivity contribution in [3.8, 4) is 0 Å². The van der Waals surface area contributed by atoms with Gasteiger partial charge in [0, 0.05) is 31.9 Å². The number of hydrogen-bond acceptors (Lipinski definition) is 5. The van der Waals surface area contributed by atoms with Crippen molar-refractivity contribution in [2.75, 3.05) is 31.2 Å². The Hall–Kier alpha value is -1.40. The maximum absolute atomic E-state index is 12.4. The van der Waals surface area contributed by atoms with Crippen molar-refractivity contribution in [3.63, 3.8) is 0 Å². The Labute approximate surface area is 118 Å². The van der Waals surface area contributed by atoms with E-state index in [1.165, 1.54) is 0 Å². The summed E-state index contributed by atoms with van der Waals surface area (Å²) in [7, 11) is 0. The van der Waals surface area contributed by atoms with Crippen LogP contribution >= 0.6 is 0 Å². The van der Waals surface area contributed by atoms with E-state index in [0.717, 1.165) is 32.4 Å². The minimum atomic E-state index is -0.530. The molecule has 2 aliphatic heterocycles. The highest BCUT2D eigenvalue weighted by Gasteiger charge is 2.41. The van der Waals surface area contributed by atoms with Crippen molar-refractivity contribution in [3.05, 3.63) is 22.7 Å². The number of hydrogen-bond donors (Lipinski definition) is 0. The van der Waals surface area contributed by atoms with Crippen LogP contribution in [0.1, 0.15) is 26.2 Å². The highest BCUT2D eigenvalue weighted by Crippen LogP contribution is 2.31. The zero-order valence-corrected chi connectivity index (χ0v) is 11.9. The van der Waals surface area contributed by atoms with Gasteiger partial charge in [0.05, 0.1) is 19.8 Å². The maximum atomic E-state index is 12.4. The molecule has 3 heterocycles. The van der Waals surface area contributed by atoms with Gasteiger partial charge in [-0.25, -0.2) is 4.98 Å². The molecule has 0 aliphatic carbocycles. The fourth-order valence-corrected chi connectivity index (χ4v) is 2.97. The number of nitrogens with zero attached hydrogens (tertiary/aromatic N) is 3. The third kappa shape index (κ3) is 2.45. The largest absolute Gasteiger partial charge is 0.347 e. The van der Waals surface area contributed by atoms with Gasteiger partial charge in [0.2, 0.25) is 0 Å². The molecule has 2 aliphatic rings. The minimum Gasteiger partial charge on any atom is -0.347 e. The monoisotopic (exact) mass is 279 g/mol. The number of anilines is 1. The summed E-state index contributed by atoms with van der Waals surface area (Å²) >= 11 is 0.